The lowest BCUT2D eigenvalue weighted by Gasteiger charge is -2.37. The van der Waals surface area contributed by atoms with Crippen molar-refractivity contribution in [1.29, 1.82) is 0 Å². The van der Waals surface area contributed by atoms with Crippen molar-refractivity contribution in [2.24, 2.45) is 5.92 Å². The largest absolute Gasteiger partial charge is 0.367 e. The van der Waals surface area contributed by atoms with Crippen LogP contribution in [0.15, 0.2) is 59.8 Å². The van der Waals surface area contributed by atoms with E-state index in [2.05, 4.69) is 40.0 Å². The quantitative estimate of drug-likeness (QED) is 0.197. The second-order valence-electron chi connectivity index (χ2n) is 9.18. The highest BCUT2D eigenvalue weighted by atomic mass is 35.5. The summed E-state index contributed by atoms with van der Waals surface area (Å²) < 4.78 is 0. The highest BCUT2D eigenvalue weighted by Crippen LogP contribution is 2.29. The van der Waals surface area contributed by atoms with Gasteiger partial charge in [0.25, 0.3) is 5.91 Å². The number of rotatable bonds is 9. The molecule has 1 N–H and O–H groups in total. The standard InChI is InChI=1S/C27H31Cl2N5OS/c1-19(2)10-11-30-26(35)21-7-5-6-20(16-21)18-36-27-31-24(29)17-25(32-27)34-14-12-33(13-15-34)23-9-4-3-8-22(23)28/h3-9,16-17,19H,10-15,18H2,1-2H3,(H,30,35). The van der Waals surface area contributed by atoms with Crippen molar-refractivity contribution >= 4 is 52.4 Å². The summed E-state index contributed by atoms with van der Waals surface area (Å²) in [5, 5.41) is 4.81. The Labute approximate surface area is 227 Å². The molecule has 0 saturated carbocycles. The first-order valence-electron chi connectivity index (χ1n) is 12.2. The third-order valence-corrected chi connectivity index (χ3v) is 7.45. The zero-order chi connectivity index (χ0) is 25.5. The van der Waals surface area contributed by atoms with Crippen LogP contribution in [0.3, 0.4) is 0 Å². The molecule has 6 nitrogen and oxygen atoms in total. The zero-order valence-electron chi connectivity index (χ0n) is 20.6. The first kappa shape index (κ1) is 26.6. The molecule has 9 heteroatoms. The summed E-state index contributed by atoms with van der Waals surface area (Å²) in [5.74, 6) is 1.99. The number of halogens is 2. The van der Waals surface area contributed by atoms with Crippen LogP contribution in [0.4, 0.5) is 11.5 Å². The van der Waals surface area contributed by atoms with Gasteiger partial charge < -0.3 is 15.1 Å². The number of para-hydroxylation sites is 1. The van der Waals surface area contributed by atoms with Crippen molar-refractivity contribution in [3.63, 3.8) is 0 Å². The lowest BCUT2D eigenvalue weighted by Crippen LogP contribution is -2.47. The predicted octanol–water partition coefficient (Wildman–Crippen LogP) is 6.18. The fourth-order valence-corrected chi connectivity index (χ4v) is 5.30. The molecule has 36 heavy (non-hydrogen) atoms. The number of amides is 1. The molecule has 1 aliphatic rings. The van der Waals surface area contributed by atoms with Gasteiger partial charge in [-0.2, -0.15) is 0 Å². The summed E-state index contributed by atoms with van der Waals surface area (Å²) in [6.07, 6.45) is 0.963. The minimum atomic E-state index is -0.0419. The molecule has 0 radical (unpaired) electrons. The Balaban J connectivity index is 1.35. The van der Waals surface area contributed by atoms with Crippen molar-refractivity contribution in [2.75, 3.05) is 42.5 Å². The van der Waals surface area contributed by atoms with E-state index in [1.165, 1.54) is 11.8 Å². The van der Waals surface area contributed by atoms with Crippen LogP contribution >= 0.6 is 35.0 Å². The number of carbonyl (C=O) groups excluding carboxylic acids is 1. The van der Waals surface area contributed by atoms with Crippen LogP contribution in [0.5, 0.6) is 0 Å². The van der Waals surface area contributed by atoms with Crippen molar-refractivity contribution in [2.45, 2.75) is 31.2 Å². The van der Waals surface area contributed by atoms with Crippen molar-refractivity contribution in [1.82, 2.24) is 15.3 Å². The van der Waals surface area contributed by atoms with Gasteiger partial charge in [0.2, 0.25) is 0 Å². The summed E-state index contributed by atoms with van der Waals surface area (Å²) in [6.45, 7) is 8.30. The van der Waals surface area contributed by atoms with E-state index in [1.807, 2.05) is 48.5 Å². The van der Waals surface area contributed by atoms with E-state index >= 15 is 0 Å². The van der Waals surface area contributed by atoms with Crippen molar-refractivity contribution < 1.29 is 4.79 Å². The number of benzene rings is 2. The van der Waals surface area contributed by atoms with E-state index in [0.29, 0.717) is 34.1 Å². The van der Waals surface area contributed by atoms with Crippen LogP contribution in [0.2, 0.25) is 10.2 Å². The molecule has 1 aromatic heterocycles. The number of anilines is 2. The zero-order valence-corrected chi connectivity index (χ0v) is 22.9. The lowest BCUT2D eigenvalue weighted by molar-refractivity contribution is 0.0952. The average Bonchev–Trinajstić information content (AvgIpc) is 2.87. The van der Waals surface area contributed by atoms with Gasteiger partial charge in [-0.15, -0.1) is 0 Å². The van der Waals surface area contributed by atoms with Gasteiger partial charge >= 0.3 is 0 Å². The molecule has 4 rings (SSSR count). The van der Waals surface area contributed by atoms with E-state index < -0.39 is 0 Å². The van der Waals surface area contributed by atoms with Crippen molar-refractivity contribution in [3.05, 3.63) is 75.9 Å². The fraction of sp³-hybridized carbons (Fsp3) is 0.370. The first-order chi connectivity index (χ1) is 17.4. The number of nitrogens with zero attached hydrogens (tertiary/aromatic N) is 4. The molecule has 1 aliphatic heterocycles. The monoisotopic (exact) mass is 543 g/mol. The normalized spacial score (nSPS) is 13.8. The predicted molar refractivity (Wildman–Crippen MR) is 151 cm³/mol. The van der Waals surface area contributed by atoms with E-state index in [0.717, 1.165) is 54.7 Å². The van der Waals surface area contributed by atoms with Crippen LogP contribution in [-0.4, -0.2) is 48.6 Å². The topological polar surface area (TPSA) is 61.4 Å². The molecular formula is C27H31Cl2N5OS. The maximum atomic E-state index is 12.5. The molecule has 0 spiro atoms. The third-order valence-electron chi connectivity index (χ3n) is 6.02. The molecule has 1 saturated heterocycles. The third kappa shape index (κ3) is 7.28. The first-order valence-corrected chi connectivity index (χ1v) is 13.9. The molecule has 0 unspecified atom stereocenters. The van der Waals surface area contributed by atoms with Gasteiger partial charge in [-0.1, -0.05) is 73.1 Å². The number of nitrogens with one attached hydrogen (secondary N) is 1. The summed E-state index contributed by atoms with van der Waals surface area (Å²) in [5.41, 5.74) is 2.77. The van der Waals surface area contributed by atoms with Crippen molar-refractivity contribution in [3.8, 4) is 0 Å². The summed E-state index contributed by atoms with van der Waals surface area (Å²) >= 11 is 14.3. The van der Waals surface area contributed by atoms with Gasteiger partial charge in [0.1, 0.15) is 11.0 Å². The molecule has 1 amide bonds. The maximum absolute atomic E-state index is 12.5. The van der Waals surface area contributed by atoms with Crippen LogP contribution in [0.1, 0.15) is 36.2 Å². The number of carbonyl (C=O) groups is 1. The number of piperazine rings is 1. The van der Waals surface area contributed by atoms with Gasteiger partial charge in [0, 0.05) is 50.1 Å². The Kier molecular flexibility index (Phi) is 9.35. The minimum absolute atomic E-state index is 0.0419. The summed E-state index contributed by atoms with van der Waals surface area (Å²) in [4.78, 5) is 26.2. The summed E-state index contributed by atoms with van der Waals surface area (Å²) in [7, 11) is 0. The summed E-state index contributed by atoms with van der Waals surface area (Å²) in [6, 6.07) is 17.4. The second kappa shape index (κ2) is 12.7. The Morgan fingerprint density at radius 2 is 1.75 bits per heavy atom. The Morgan fingerprint density at radius 1 is 1.00 bits per heavy atom. The molecule has 0 aliphatic carbocycles. The van der Waals surface area contributed by atoms with Gasteiger partial charge in [0.15, 0.2) is 5.16 Å². The molecule has 190 valence electrons. The van der Waals surface area contributed by atoms with E-state index in [9.17, 15) is 4.79 Å². The molecule has 0 atom stereocenters. The highest BCUT2D eigenvalue weighted by Gasteiger charge is 2.21. The lowest BCUT2D eigenvalue weighted by atomic mass is 10.1. The fourth-order valence-electron chi connectivity index (χ4n) is 4.02. The van der Waals surface area contributed by atoms with Gasteiger partial charge in [-0.3, -0.25) is 4.79 Å². The van der Waals surface area contributed by atoms with E-state index in [-0.39, 0.29) is 5.91 Å². The molecule has 0 bridgehead atoms. The number of hydrogen-bond donors (Lipinski definition) is 1. The number of aromatic nitrogens is 2. The average molecular weight is 545 g/mol. The number of hydrogen-bond acceptors (Lipinski definition) is 6. The Bertz CT molecular complexity index is 1180. The van der Waals surface area contributed by atoms with Crippen LogP contribution < -0.4 is 15.1 Å². The number of thioether (sulfide) groups is 1. The van der Waals surface area contributed by atoms with Gasteiger partial charge in [0.05, 0.1) is 10.7 Å². The van der Waals surface area contributed by atoms with Crippen LogP contribution in [-0.2, 0) is 5.75 Å². The van der Waals surface area contributed by atoms with Crippen LogP contribution in [0.25, 0.3) is 0 Å². The van der Waals surface area contributed by atoms with Gasteiger partial charge in [-0.05, 0) is 42.2 Å². The van der Waals surface area contributed by atoms with E-state index in [1.54, 1.807) is 0 Å². The highest BCUT2D eigenvalue weighted by molar-refractivity contribution is 7.98. The Hall–Kier alpha value is -2.48. The molecular weight excluding hydrogens is 513 g/mol. The molecule has 1 fully saturated rings. The van der Waals surface area contributed by atoms with E-state index in [4.69, 9.17) is 28.2 Å². The SMILES string of the molecule is CC(C)CCNC(=O)c1cccc(CSc2nc(Cl)cc(N3CCN(c4ccccc4Cl)CC3)n2)c1. The maximum Gasteiger partial charge on any atom is 0.251 e. The van der Waals surface area contributed by atoms with Gasteiger partial charge in [-0.25, -0.2) is 9.97 Å². The smallest absolute Gasteiger partial charge is 0.251 e. The van der Waals surface area contributed by atoms with Crippen LogP contribution in [0, 0.1) is 5.92 Å². The molecule has 3 aromatic rings. The Morgan fingerprint density at radius 3 is 2.50 bits per heavy atom. The molecule has 2 heterocycles. The second-order valence-corrected chi connectivity index (χ2v) is 10.9. The minimum Gasteiger partial charge on any atom is -0.367 e. The molecule has 2 aromatic carbocycles.